The smallest absolute Gasteiger partial charge is 0.230 e. The van der Waals surface area contributed by atoms with Crippen molar-refractivity contribution in [1.29, 1.82) is 0 Å². The van der Waals surface area contributed by atoms with Crippen LogP contribution in [0, 0.1) is 0 Å². The van der Waals surface area contributed by atoms with Gasteiger partial charge in [0.25, 0.3) is 0 Å². The largest absolute Gasteiger partial charge is 0.457 e. The highest BCUT2D eigenvalue weighted by Gasteiger charge is 2.31. The Kier molecular flexibility index (Phi) is 8.76. The second kappa shape index (κ2) is 13.2. The molecule has 0 aliphatic carbocycles. The van der Waals surface area contributed by atoms with Crippen molar-refractivity contribution < 1.29 is 9.47 Å². The molecule has 0 spiro atoms. The molecule has 0 fully saturated rings. The summed E-state index contributed by atoms with van der Waals surface area (Å²) in [6.07, 6.45) is 3.78. The minimum absolute atomic E-state index is 0.135. The molecule has 5 aromatic carbocycles. The zero-order valence-electron chi connectivity index (χ0n) is 23.6. The third kappa shape index (κ3) is 5.75. The van der Waals surface area contributed by atoms with Gasteiger partial charge in [0.1, 0.15) is 11.5 Å². The standard InChI is InChI=1S/C38H32O2P2/c1-3-17-34-37(29(2)41(30-18-8-4-9-19-30)31-20-10-5-11-21-31)38-35(40-28-39-34)26-16-27-36(38)42(32-22-12-6-13-23-32)33-24-14-7-15-25-33/h3-27H,1,28H2,2H3/b34-17+,37-29-. The monoisotopic (exact) mass is 582 g/mol. The lowest BCUT2D eigenvalue weighted by atomic mass is 10.0. The van der Waals surface area contributed by atoms with Crippen molar-refractivity contribution >= 4 is 47.9 Å². The average Bonchev–Trinajstić information content (AvgIpc) is 3.23. The van der Waals surface area contributed by atoms with Crippen molar-refractivity contribution in [3.8, 4) is 5.75 Å². The summed E-state index contributed by atoms with van der Waals surface area (Å²) in [4.78, 5) is 0. The van der Waals surface area contributed by atoms with Crippen LogP contribution in [0.15, 0.2) is 169 Å². The molecule has 0 unspecified atom stereocenters. The van der Waals surface area contributed by atoms with Gasteiger partial charge in [-0.3, -0.25) is 0 Å². The fraction of sp³-hybridized carbons (Fsp3) is 0.0526. The van der Waals surface area contributed by atoms with E-state index in [1.165, 1.54) is 31.8 Å². The zero-order valence-corrected chi connectivity index (χ0v) is 25.3. The summed E-state index contributed by atoms with van der Waals surface area (Å²) < 4.78 is 12.7. The molecule has 0 aromatic heterocycles. The Balaban J connectivity index is 1.68. The summed E-state index contributed by atoms with van der Waals surface area (Å²) in [6.45, 7) is 6.44. The van der Waals surface area contributed by atoms with Crippen LogP contribution in [-0.4, -0.2) is 6.79 Å². The van der Waals surface area contributed by atoms with E-state index in [1.807, 2.05) is 6.08 Å². The van der Waals surface area contributed by atoms with E-state index < -0.39 is 15.8 Å². The minimum atomic E-state index is -0.896. The first-order valence-corrected chi connectivity index (χ1v) is 16.7. The number of fused-ring (bicyclic) bond motifs is 1. The predicted octanol–water partition coefficient (Wildman–Crippen LogP) is 7.75. The van der Waals surface area contributed by atoms with E-state index >= 15 is 0 Å². The third-order valence-electron chi connectivity index (χ3n) is 7.19. The fourth-order valence-corrected chi connectivity index (χ4v) is 10.3. The molecule has 0 radical (unpaired) electrons. The van der Waals surface area contributed by atoms with Crippen LogP contribution in [0.25, 0.3) is 5.57 Å². The van der Waals surface area contributed by atoms with Crippen LogP contribution in [0.4, 0.5) is 0 Å². The second-order valence-electron chi connectivity index (χ2n) is 9.80. The lowest BCUT2D eigenvalue weighted by Crippen LogP contribution is -2.24. The summed E-state index contributed by atoms with van der Waals surface area (Å²) in [5.74, 6) is 1.62. The summed E-state index contributed by atoms with van der Waals surface area (Å²) in [5, 5.41) is 7.66. The molecule has 4 heteroatoms. The maximum atomic E-state index is 6.36. The quantitative estimate of drug-likeness (QED) is 0.183. The molecule has 0 N–H and O–H groups in total. The summed E-state index contributed by atoms with van der Waals surface area (Å²) >= 11 is 0. The van der Waals surface area contributed by atoms with Gasteiger partial charge in [-0.2, -0.15) is 0 Å². The van der Waals surface area contributed by atoms with Crippen molar-refractivity contribution in [2.75, 3.05) is 6.79 Å². The molecule has 0 bridgehead atoms. The van der Waals surface area contributed by atoms with E-state index in [1.54, 1.807) is 6.08 Å². The first kappa shape index (κ1) is 27.9. The maximum absolute atomic E-state index is 6.36. The average molecular weight is 583 g/mol. The van der Waals surface area contributed by atoms with Crippen LogP contribution in [0.3, 0.4) is 0 Å². The van der Waals surface area contributed by atoms with Crippen LogP contribution >= 0.6 is 15.8 Å². The molecule has 0 amide bonds. The van der Waals surface area contributed by atoms with Crippen molar-refractivity contribution in [3.63, 3.8) is 0 Å². The van der Waals surface area contributed by atoms with E-state index in [4.69, 9.17) is 9.47 Å². The summed E-state index contributed by atoms with van der Waals surface area (Å²) in [6, 6.07) is 49.7. The topological polar surface area (TPSA) is 18.5 Å². The van der Waals surface area contributed by atoms with Crippen LogP contribution in [0.5, 0.6) is 5.75 Å². The molecule has 5 aromatic rings. The highest BCUT2D eigenvalue weighted by Crippen LogP contribution is 2.51. The highest BCUT2D eigenvalue weighted by molar-refractivity contribution is 7.80. The van der Waals surface area contributed by atoms with Crippen molar-refractivity contribution in [2.45, 2.75) is 6.92 Å². The van der Waals surface area contributed by atoms with Gasteiger partial charge < -0.3 is 9.47 Å². The van der Waals surface area contributed by atoms with E-state index in [-0.39, 0.29) is 6.79 Å². The van der Waals surface area contributed by atoms with Crippen molar-refractivity contribution in [1.82, 2.24) is 0 Å². The predicted molar refractivity (Wildman–Crippen MR) is 182 cm³/mol. The molecule has 1 aliphatic rings. The first-order valence-electron chi connectivity index (χ1n) is 14.0. The minimum Gasteiger partial charge on any atom is -0.457 e. The number of benzene rings is 5. The van der Waals surface area contributed by atoms with Crippen LogP contribution in [-0.2, 0) is 4.74 Å². The Hall–Kier alpha value is -4.22. The zero-order chi connectivity index (χ0) is 28.7. The molecule has 0 saturated carbocycles. The number of hydrogen-bond acceptors (Lipinski definition) is 2. The van der Waals surface area contributed by atoms with Crippen LogP contribution < -0.4 is 31.3 Å². The molecule has 206 valence electrons. The SMILES string of the molecule is C=C/C=C1/OCOc2cccc(P(c3ccccc3)c3ccccc3)c2/C1=C(/C)P(c1ccccc1)c1ccccc1. The molecular weight excluding hydrogens is 550 g/mol. The van der Waals surface area contributed by atoms with Crippen molar-refractivity contribution in [3.05, 3.63) is 175 Å². The van der Waals surface area contributed by atoms with E-state index in [2.05, 4.69) is 153 Å². The fourth-order valence-electron chi connectivity index (χ4n) is 5.41. The van der Waals surface area contributed by atoms with E-state index in [0.29, 0.717) is 0 Å². The summed E-state index contributed by atoms with van der Waals surface area (Å²) in [5.41, 5.74) is 2.18. The molecule has 0 saturated heterocycles. The first-order chi connectivity index (χ1) is 20.8. The second-order valence-corrected chi connectivity index (χ2v) is 14.4. The van der Waals surface area contributed by atoms with E-state index in [0.717, 1.165) is 22.6 Å². The lowest BCUT2D eigenvalue weighted by Gasteiger charge is -2.27. The van der Waals surface area contributed by atoms with Gasteiger partial charge in [0, 0.05) is 11.1 Å². The number of allylic oxidation sites excluding steroid dienone is 4. The number of rotatable bonds is 7. The molecule has 6 rings (SSSR count). The normalized spacial score (nSPS) is 15.0. The highest BCUT2D eigenvalue weighted by atomic mass is 31.1. The Labute approximate surface area is 251 Å². The van der Waals surface area contributed by atoms with Gasteiger partial charge in [0.05, 0.1) is 0 Å². The number of hydrogen-bond donors (Lipinski definition) is 0. The molecule has 1 aliphatic heterocycles. The molecule has 2 nitrogen and oxygen atoms in total. The maximum Gasteiger partial charge on any atom is 0.230 e. The Morgan fingerprint density at radius 1 is 0.619 bits per heavy atom. The molecule has 1 heterocycles. The van der Waals surface area contributed by atoms with Gasteiger partial charge in [-0.15, -0.1) is 0 Å². The third-order valence-corrected chi connectivity index (χ3v) is 12.2. The molecule has 0 atom stereocenters. The molecule has 42 heavy (non-hydrogen) atoms. The van der Waals surface area contributed by atoms with E-state index in [9.17, 15) is 0 Å². The van der Waals surface area contributed by atoms with Gasteiger partial charge in [-0.25, -0.2) is 0 Å². The Morgan fingerprint density at radius 2 is 1.12 bits per heavy atom. The Morgan fingerprint density at radius 3 is 1.62 bits per heavy atom. The summed E-state index contributed by atoms with van der Waals surface area (Å²) in [7, 11) is -1.77. The van der Waals surface area contributed by atoms with Gasteiger partial charge in [0.15, 0.2) is 0 Å². The molecular formula is C38H32O2P2. The van der Waals surface area contributed by atoms with Crippen LogP contribution in [0.1, 0.15) is 12.5 Å². The number of ether oxygens (including phenoxy) is 2. The van der Waals surface area contributed by atoms with Crippen LogP contribution in [0.2, 0.25) is 0 Å². The van der Waals surface area contributed by atoms with Gasteiger partial charge in [-0.1, -0.05) is 146 Å². The van der Waals surface area contributed by atoms with Gasteiger partial charge >= 0.3 is 0 Å². The van der Waals surface area contributed by atoms with Gasteiger partial charge in [-0.05, 0) is 66.7 Å². The van der Waals surface area contributed by atoms with Gasteiger partial charge in [0.2, 0.25) is 6.79 Å². The lowest BCUT2D eigenvalue weighted by molar-refractivity contribution is 0.0734. The van der Waals surface area contributed by atoms with Crippen molar-refractivity contribution in [2.24, 2.45) is 0 Å². The Bertz CT molecular complexity index is 1630.